The number of aliphatic hydroxyl groups excluding tert-OH is 1. The zero-order valence-corrected chi connectivity index (χ0v) is 16.3. The summed E-state index contributed by atoms with van der Waals surface area (Å²) in [5.74, 6) is 6.49. The lowest BCUT2D eigenvalue weighted by molar-refractivity contribution is 0.0598. The van der Waals surface area contributed by atoms with E-state index < -0.39 is 0 Å². The predicted octanol–water partition coefficient (Wildman–Crippen LogP) is 1.88. The SMILES string of the molecule is CC(C1CCN(Cc2ccc(C#CCO)cc2)CC1)N1CCN(C)CC1. The topological polar surface area (TPSA) is 30.0 Å². The number of hydrogen-bond acceptors (Lipinski definition) is 4. The van der Waals surface area contributed by atoms with Crippen molar-refractivity contribution in [3.05, 3.63) is 35.4 Å². The highest BCUT2D eigenvalue weighted by Crippen LogP contribution is 2.25. The molecule has 0 bridgehead atoms. The van der Waals surface area contributed by atoms with Gasteiger partial charge in [-0.05, 0) is 63.5 Å². The van der Waals surface area contributed by atoms with E-state index in [1.54, 1.807) is 0 Å². The minimum Gasteiger partial charge on any atom is -0.384 e. The average molecular weight is 356 g/mol. The van der Waals surface area contributed by atoms with E-state index in [0.29, 0.717) is 0 Å². The van der Waals surface area contributed by atoms with Gasteiger partial charge in [-0.3, -0.25) is 9.80 Å². The average Bonchev–Trinajstić information content (AvgIpc) is 2.68. The second-order valence-corrected chi connectivity index (χ2v) is 7.85. The Kier molecular flexibility index (Phi) is 7.10. The molecule has 2 saturated heterocycles. The molecule has 2 fully saturated rings. The molecule has 1 atom stereocenters. The van der Waals surface area contributed by atoms with E-state index in [9.17, 15) is 0 Å². The lowest BCUT2D eigenvalue weighted by atomic mass is 9.89. The van der Waals surface area contributed by atoms with Crippen molar-refractivity contribution in [2.24, 2.45) is 5.92 Å². The summed E-state index contributed by atoms with van der Waals surface area (Å²) in [4.78, 5) is 7.72. The fourth-order valence-corrected chi connectivity index (χ4v) is 4.21. The van der Waals surface area contributed by atoms with Crippen LogP contribution >= 0.6 is 0 Å². The van der Waals surface area contributed by atoms with Crippen LogP contribution in [0.25, 0.3) is 0 Å². The third-order valence-electron chi connectivity index (χ3n) is 6.10. The van der Waals surface area contributed by atoms with Crippen LogP contribution in [0.3, 0.4) is 0 Å². The molecule has 4 heteroatoms. The molecule has 0 saturated carbocycles. The van der Waals surface area contributed by atoms with E-state index in [1.165, 1.54) is 57.7 Å². The van der Waals surface area contributed by atoms with Gasteiger partial charge in [-0.15, -0.1) is 0 Å². The number of rotatable bonds is 4. The zero-order chi connectivity index (χ0) is 18.4. The normalized spacial score (nSPS) is 22.0. The van der Waals surface area contributed by atoms with Gasteiger partial charge in [-0.2, -0.15) is 0 Å². The van der Waals surface area contributed by atoms with Crippen LogP contribution in [0.4, 0.5) is 0 Å². The summed E-state index contributed by atoms with van der Waals surface area (Å²) in [5.41, 5.74) is 2.33. The van der Waals surface area contributed by atoms with Crippen LogP contribution in [0, 0.1) is 17.8 Å². The summed E-state index contributed by atoms with van der Waals surface area (Å²) in [6.07, 6.45) is 2.63. The Morgan fingerprint density at radius 3 is 2.31 bits per heavy atom. The second kappa shape index (κ2) is 9.53. The van der Waals surface area contributed by atoms with Crippen molar-refractivity contribution >= 4 is 0 Å². The van der Waals surface area contributed by atoms with Crippen molar-refractivity contribution in [1.29, 1.82) is 0 Å². The van der Waals surface area contributed by atoms with Crippen molar-refractivity contribution in [3.8, 4) is 11.8 Å². The number of likely N-dealkylation sites (N-methyl/N-ethyl adjacent to an activating group) is 1. The van der Waals surface area contributed by atoms with Gasteiger partial charge in [0.05, 0.1) is 0 Å². The minimum atomic E-state index is -0.0801. The van der Waals surface area contributed by atoms with E-state index in [0.717, 1.165) is 24.1 Å². The quantitative estimate of drug-likeness (QED) is 0.836. The highest BCUT2D eigenvalue weighted by Gasteiger charge is 2.29. The van der Waals surface area contributed by atoms with Crippen molar-refractivity contribution in [2.45, 2.75) is 32.4 Å². The van der Waals surface area contributed by atoms with Gasteiger partial charge < -0.3 is 10.0 Å². The van der Waals surface area contributed by atoms with Crippen LogP contribution in [0.5, 0.6) is 0 Å². The number of benzene rings is 1. The molecule has 0 amide bonds. The van der Waals surface area contributed by atoms with Gasteiger partial charge in [-0.25, -0.2) is 0 Å². The van der Waals surface area contributed by atoms with E-state index in [-0.39, 0.29) is 6.61 Å². The van der Waals surface area contributed by atoms with Gasteiger partial charge in [0.1, 0.15) is 6.61 Å². The molecule has 3 rings (SSSR count). The number of nitrogens with zero attached hydrogens (tertiary/aromatic N) is 3. The van der Waals surface area contributed by atoms with Crippen LogP contribution in [0.15, 0.2) is 24.3 Å². The molecule has 0 aliphatic carbocycles. The molecular formula is C22H33N3O. The molecule has 1 aromatic rings. The van der Waals surface area contributed by atoms with Gasteiger partial charge in [-0.1, -0.05) is 24.0 Å². The molecule has 1 unspecified atom stereocenters. The Hall–Kier alpha value is -1.38. The van der Waals surface area contributed by atoms with Gasteiger partial charge in [0, 0.05) is 44.3 Å². The Bertz CT molecular complexity index is 603. The van der Waals surface area contributed by atoms with Crippen molar-refractivity contribution in [2.75, 3.05) is 52.9 Å². The summed E-state index contributed by atoms with van der Waals surface area (Å²) >= 11 is 0. The maximum Gasteiger partial charge on any atom is 0.104 e. The standard InChI is InChI=1S/C22H33N3O/c1-19(25-15-13-23(2)14-16-25)22-9-11-24(12-10-22)18-21-7-5-20(6-8-21)4-3-17-26/h5-8,19,22,26H,9-18H2,1-2H3. The largest absolute Gasteiger partial charge is 0.384 e. The summed E-state index contributed by atoms with van der Waals surface area (Å²) in [6, 6.07) is 9.16. The van der Waals surface area contributed by atoms with Crippen molar-refractivity contribution in [1.82, 2.24) is 14.7 Å². The first-order valence-electron chi connectivity index (χ1n) is 9.99. The smallest absolute Gasteiger partial charge is 0.104 e. The first-order valence-corrected chi connectivity index (χ1v) is 9.99. The van der Waals surface area contributed by atoms with Crippen LogP contribution in [0.1, 0.15) is 30.9 Å². The summed E-state index contributed by atoms with van der Waals surface area (Å²) in [6.45, 7) is 10.7. The Labute approximate surface area is 158 Å². The summed E-state index contributed by atoms with van der Waals surface area (Å²) in [7, 11) is 2.23. The Morgan fingerprint density at radius 1 is 1.04 bits per heavy atom. The molecule has 1 N–H and O–H groups in total. The number of hydrogen-bond donors (Lipinski definition) is 1. The fraction of sp³-hybridized carbons (Fsp3) is 0.636. The zero-order valence-electron chi connectivity index (χ0n) is 16.3. The van der Waals surface area contributed by atoms with E-state index >= 15 is 0 Å². The van der Waals surface area contributed by atoms with Crippen LogP contribution in [-0.2, 0) is 6.54 Å². The molecule has 0 radical (unpaired) electrons. The molecule has 0 aromatic heterocycles. The van der Waals surface area contributed by atoms with Gasteiger partial charge in [0.2, 0.25) is 0 Å². The molecule has 2 aliphatic heterocycles. The second-order valence-electron chi connectivity index (χ2n) is 7.85. The van der Waals surface area contributed by atoms with E-state index in [1.807, 2.05) is 0 Å². The molecule has 26 heavy (non-hydrogen) atoms. The molecule has 4 nitrogen and oxygen atoms in total. The van der Waals surface area contributed by atoms with E-state index in [4.69, 9.17) is 5.11 Å². The molecular weight excluding hydrogens is 322 g/mol. The number of aliphatic hydroxyl groups is 1. The van der Waals surface area contributed by atoms with E-state index in [2.05, 4.69) is 64.8 Å². The van der Waals surface area contributed by atoms with Crippen LogP contribution in [0.2, 0.25) is 0 Å². The highest BCUT2D eigenvalue weighted by molar-refractivity contribution is 5.36. The first-order chi connectivity index (χ1) is 12.7. The third-order valence-corrected chi connectivity index (χ3v) is 6.10. The molecule has 2 aliphatic rings. The fourth-order valence-electron chi connectivity index (χ4n) is 4.21. The molecule has 2 heterocycles. The van der Waals surface area contributed by atoms with Gasteiger partial charge >= 0.3 is 0 Å². The van der Waals surface area contributed by atoms with Gasteiger partial charge in [0.25, 0.3) is 0 Å². The molecule has 0 spiro atoms. The maximum absolute atomic E-state index is 8.77. The number of piperidine rings is 1. The third kappa shape index (κ3) is 5.31. The lowest BCUT2D eigenvalue weighted by Gasteiger charge is -2.42. The Morgan fingerprint density at radius 2 is 1.69 bits per heavy atom. The van der Waals surface area contributed by atoms with Crippen molar-refractivity contribution < 1.29 is 5.11 Å². The highest BCUT2D eigenvalue weighted by atomic mass is 16.2. The minimum absolute atomic E-state index is 0.0801. The molecule has 142 valence electrons. The van der Waals surface area contributed by atoms with Crippen LogP contribution < -0.4 is 0 Å². The maximum atomic E-state index is 8.77. The Balaban J connectivity index is 1.44. The number of likely N-dealkylation sites (tertiary alicyclic amines) is 1. The number of piperazine rings is 1. The van der Waals surface area contributed by atoms with Crippen LogP contribution in [-0.4, -0.2) is 78.8 Å². The van der Waals surface area contributed by atoms with Gasteiger partial charge in [0.15, 0.2) is 0 Å². The predicted molar refractivity (Wildman–Crippen MR) is 107 cm³/mol. The monoisotopic (exact) mass is 355 g/mol. The lowest BCUT2D eigenvalue weighted by Crippen LogP contribution is -2.51. The molecule has 1 aromatic carbocycles. The summed E-state index contributed by atoms with van der Waals surface area (Å²) < 4.78 is 0. The first kappa shape index (κ1) is 19.4. The van der Waals surface area contributed by atoms with Crippen molar-refractivity contribution in [3.63, 3.8) is 0 Å². The summed E-state index contributed by atoms with van der Waals surface area (Å²) in [5, 5.41) is 8.77.